The highest BCUT2D eigenvalue weighted by molar-refractivity contribution is 7.89. The van der Waals surface area contributed by atoms with Gasteiger partial charge in [-0.2, -0.15) is 0 Å². The minimum atomic E-state index is -3.54. The SMILES string of the molecule is C[C@H](NS(=O)(=O)CCNC(=O)c1ccc(F)cc1)c1ccccc1. The number of carbonyl (C=O) groups is 1. The van der Waals surface area contributed by atoms with Crippen LogP contribution in [0.15, 0.2) is 54.6 Å². The van der Waals surface area contributed by atoms with Gasteiger partial charge in [0.25, 0.3) is 5.91 Å². The zero-order valence-electron chi connectivity index (χ0n) is 13.2. The lowest BCUT2D eigenvalue weighted by Crippen LogP contribution is -2.35. The van der Waals surface area contributed by atoms with E-state index in [1.807, 2.05) is 30.3 Å². The molecule has 1 atom stereocenters. The van der Waals surface area contributed by atoms with Gasteiger partial charge in [-0.25, -0.2) is 17.5 Å². The van der Waals surface area contributed by atoms with E-state index in [0.717, 1.165) is 5.56 Å². The quantitative estimate of drug-likeness (QED) is 0.804. The molecule has 0 aromatic heterocycles. The maximum atomic E-state index is 12.8. The molecular formula is C17H19FN2O3S. The van der Waals surface area contributed by atoms with E-state index in [2.05, 4.69) is 10.0 Å². The Kier molecular flexibility index (Phi) is 6.05. The van der Waals surface area contributed by atoms with Gasteiger partial charge in [0.15, 0.2) is 0 Å². The fourth-order valence-electron chi connectivity index (χ4n) is 2.14. The summed E-state index contributed by atoms with van der Waals surface area (Å²) in [6.45, 7) is 1.72. The van der Waals surface area contributed by atoms with Crippen molar-refractivity contribution < 1.29 is 17.6 Å². The van der Waals surface area contributed by atoms with Gasteiger partial charge in [0.1, 0.15) is 5.82 Å². The van der Waals surface area contributed by atoms with Gasteiger partial charge in [0, 0.05) is 18.2 Å². The first-order valence-corrected chi connectivity index (χ1v) is 9.11. The molecule has 0 aliphatic heterocycles. The predicted molar refractivity (Wildman–Crippen MR) is 90.5 cm³/mol. The molecule has 0 bridgehead atoms. The Morgan fingerprint density at radius 3 is 2.33 bits per heavy atom. The summed E-state index contributed by atoms with van der Waals surface area (Å²) >= 11 is 0. The fourth-order valence-corrected chi connectivity index (χ4v) is 3.30. The van der Waals surface area contributed by atoms with E-state index in [0.29, 0.717) is 0 Å². The van der Waals surface area contributed by atoms with Crippen molar-refractivity contribution in [3.63, 3.8) is 0 Å². The van der Waals surface area contributed by atoms with E-state index in [9.17, 15) is 17.6 Å². The minimum absolute atomic E-state index is 0.0347. The number of halogens is 1. The third-order valence-corrected chi connectivity index (χ3v) is 4.87. The lowest BCUT2D eigenvalue weighted by atomic mass is 10.1. The minimum Gasteiger partial charge on any atom is -0.351 e. The maximum Gasteiger partial charge on any atom is 0.251 e. The highest BCUT2D eigenvalue weighted by Gasteiger charge is 2.16. The van der Waals surface area contributed by atoms with Gasteiger partial charge in [-0.3, -0.25) is 4.79 Å². The third kappa shape index (κ3) is 5.43. The van der Waals surface area contributed by atoms with E-state index in [1.165, 1.54) is 24.3 Å². The van der Waals surface area contributed by atoms with Gasteiger partial charge in [-0.1, -0.05) is 30.3 Å². The van der Waals surface area contributed by atoms with Crippen LogP contribution >= 0.6 is 0 Å². The summed E-state index contributed by atoms with van der Waals surface area (Å²) in [6.07, 6.45) is 0. The molecule has 2 aromatic carbocycles. The van der Waals surface area contributed by atoms with Crippen molar-refractivity contribution in [1.29, 1.82) is 0 Å². The van der Waals surface area contributed by atoms with Crippen LogP contribution in [-0.4, -0.2) is 26.6 Å². The Hall–Kier alpha value is -2.25. The van der Waals surface area contributed by atoms with E-state index < -0.39 is 21.7 Å². The third-order valence-electron chi connectivity index (χ3n) is 3.42. The van der Waals surface area contributed by atoms with Crippen molar-refractivity contribution in [2.45, 2.75) is 13.0 Å². The average molecular weight is 350 g/mol. The number of rotatable bonds is 7. The predicted octanol–water partition coefficient (Wildman–Crippen LogP) is 2.24. The summed E-state index contributed by atoms with van der Waals surface area (Å²) in [5, 5.41) is 2.51. The summed E-state index contributed by atoms with van der Waals surface area (Å²) in [5.74, 6) is -1.12. The molecule has 7 heteroatoms. The molecule has 1 amide bonds. The topological polar surface area (TPSA) is 75.3 Å². The molecule has 0 fully saturated rings. The van der Waals surface area contributed by atoms with Crippen molar-refractivity contribution in [2.24, 2.45) is 0 Å². The summed E-state index contributed by atoms with van der Waals surface area (Å²) in [4.78, 5) is 11.8. The smallest absolute Gasteiger partial charge is 0.251 e. The highest BCUT2D eigenvalue weighted by atomic mass is 32.2. The lowest BCUT2D eigenvalue weighted by Gasteiger charge is -2.14. The van der Waals surface area contributed by atoms with Crippen LogP contribution in [0.5, 0.6) is 0 Å². The standard InChI is InChI=1S/C17H19FN2O3S/c1-13(14-5-3-2-4-6-14)20-24(22,23)12-11-19-17(21)15-7-9-16(18)10-8-15/h2-10,13,20H,11-12H2,1H3,(H,19,21)/t13-/m0/s1. The molecule has 0 spiro atoms. The Morgan fingerprint density at radius 1 is 1.08 bits per heavy atom. The number of hydrogen-bond acceptors (Lipinski definition) is 3. The molecule has 2 rings (SSSR count). The van der Waals surface area contributed by atoms with E-state index in [1.54, 1.807) is 6.92 Å². The van der Waals surface area contributed by atoms with Gasteiger partial charge >= 0.3 is 0 Å². The van der Waals surface area contributed by atoms with Crippen LogP contribution in [0.4, 0.5) is 4.39 Å². The van der Waals surface area contributed by atoms with Gasteiger partial charge < -0.3 is 5.32 Å². The van der Waals surface area contributed by atoms with Crippen LogP contribution in [0, 0.1) is 5.82 Å². The van der Waals surface area contributed by atoms with Crippen LogP contribution in [0.25, 0.3) is 0 Å². The van der Waals surface area contributed by atoms with E-state index in [4.69, 9.17) is 0 Å². The molecule has 0 aliphatic carbocycles. The monoisotopic (exact) mass is 350 g/mol. The van der Waals surface area contributed by atoms with Crippen molar-refractivity contribution in [3.05, 3.63) is 71.5 Å². The Balaban J connectivity index is 1.84. The first-order valence-electron chi connectivity index (χ1n) is 7.46. The summed E-state index contributed by atoms with van der Waals surface area (Å²) in [7, 11) is -3.54. The lowest BCUT2D eigenvalue weighted by molar-refractivity contribution is 0.0956. The largest absolute Gasteiger partial charge is 0.351 e. The summed E-state index contributed by atoms with van der Waals surface area (Å²) in [5.41, 5.74) is 1.14. The van der Waals surface area contributed by atoms with Crippen LogP contribution in [0.2, 0.25) is 0 Å². The number of nitrogens with one attached hydrogen (secondary N) is 2. The zero-order valence-corrected chi connectivity index (χ0v) is 14.0. The number of benzene rings is 2. The normalized spacial score (nSPS) is 12.6. The average Bonchev–Trinajstić information content (AvgIpc) is 2.55. The summed E-state index contributed by atoms with van der Waals surface area (Å²) in [6, 6.07) is 13.9. The number of amides is 1. The first kappa shape index (κ1) is 18.1. The van der Waals surface area contributed by atoms with E-state index in [-0.39, 0.29) is 23.9 Å². The van der Waals surface area contributed by atoms with Gasteiger partial charge in [-0.05, 0) is 36.8 Å². The molecule has 5 nitrogen and oxygen atoms in total. The van der Waals surface area contributed by atoms with Crippen LogP contribution in [0.3, 0.4) is 0 Å². The Bertz CT molecular complexity index is 777. The van der Waals surface area contributed by atoms with Gasteiger partial charge in [0.05, 0.1) is 5.75 Å². The van der Waals surface area contributed by atoms with E-state index >= 15 is 0 Å². The molecule has 0 aliphatic rings. The molecule has 0 unspecified atom stereocenters. The van der Waals surface area contributed by atoms with Gasteiger partial charge in [-0.15, -0.1) is 0 Å². The molecule has 0 heterocycles. The second-order valence-corrected chi connectivity index (χ2v) is 7.21. The second-order valence-electron chi connectivity index (χ2n) is 5.33. The van der Waals surface area contributed by atoms with Crippen LogP contribution < -0.4 is 10.0 Å². The Labute approximate surface area is 141 Å². The highest BCUT2D eigenvalue weighted by Crippen LogP contribution is 2.12. The van der Waals surface area contributed by atoms with Crippen LogP contribution in [0.1, 0.15) is 28.9 Å². The van der Waals surface area contributed by atoms with Crippen molar-refractivity contribution in [2.75, 3.05) is 12.3 Å². The van der Waals surface area contributed by atoms with Gasteiger partial charge in [0.2, 0.25) is 10.0 Å². The second kappa shape index (κ2) is 8.03. The molecule has 2 N–H and O–H groups in total. The van der Waals surface area contributed by atoms with Crippen molar-refractivity contribution in [3.8, 4) is 0 Å². The number of hydrogen-bond donors (Lipinski definition) is 2. The number of carbonyl (C=O) groups excluding carboxylic acids is 1. The molecule has 0 saturated heterocycles. The fraction of sp³-hybridized carbons (Fsp3) is 0.235. The molecule has 2 aromatic rings. The molecular weight excluding hydrogens is 331 g/mol. The zero-order chi connectivity index (χ0) is 17.6. The first-order chi connectivity index (χ1) is 11.4. The van der Waals surface area contributed by atoms with Crippen molar-refractivity contribution >= 4 is 15.9 Å². The summed E-state index contributed by atoms with van der Waals surface area (Å²) < 4.78 is 39.5. The molecule has 24 heavy (non-hydrogen) atoms. The van der Waals surface area contributed by atoms with Crippen molar-refractivity contribution in [1.82, 2.24) is 10.0 Å². The number of sulfonamides is 1. The van der Waals surface area contributed by atoms with Crippen LogP contribution in [-0.2, 0) is 10.0 Å². The molecule has 0 saturated carbocycles. The molecule has 128 valence electrons. The maximum absolute atomic E-state index is 12.8. The molecule has 0 radical (unpaired) electrons. The Morgan fingerprint density at radius 2 is 1.71 bits per heavy atom.